The van der Waals surface area contributed by atoms with Crippen molar-refractivity contribution in [1.29, 1.82) is 0 Å². The van der Waals surface area contributed by atoms with E-state index in [-0.39, 0.29) is 0 Å². The highest BCUT2D eigenvalue weighted by molar-refractivity contribution is 5.98. The van der Waals surface area contributed by atoms with Crippen LogP contribution in [0.5, 0.6) is 0 Å². The third kappa shape index (κ3) is 4.49. The summed E-state index contributed by atoms with van der Waals surface area (Å²) in [4.78, 5) is 35.9. The topological polar surface area (TPSA) is 47.1 Å². The summed E-state index contributed by atoms with van der Waals surface area (Å²) in [5, 5.41) is 0. The summed E-state index contributed by atoms with van der Waals surface area (Å²) >= 11 is 0. The molecule has 2 aliphatic carbocycles. The number of nitrogens with zero attached hydrogens (tertiary/aromatic N) is 4. The molecule has 4 bridgehead atoms. The second-order valence-corrected chi connectivity index (χ2v) is 15.3. The van der Waals surface area contributed by atoms with Crippen molar-refractivity contribution in [2.24, 2.45) is 11.8 Å². The lowest BCUT2D eigenvalue weighted by atomic mass is 9.75. The lowest BCUT2D eigenvalue weighted by molar-refractivity contribution is 0.00237. The van der Waals surface area contributed by atoms with Gasteiger partial charge in [0.25, 0.3) is 11.8 Å². The zero-order valence-electron chi connectivity index (χ0n) is 26.3. The summed E-state index contributed by atoms with van der Waals surface area (Å²) in [6.45, 7) is 9.13. The molecule has 232 valence electrons. The first kappa shape index (κ1) is 27.6. The van der Waals surface area contributed by atoms with Crippen LogP contribution in [0.15, 0.2) is 36.4 Å². The molecule has 0 saturated carbocycles. The monoisotopic (exact) mass is 592 g/mol. The van der Waals surface area contributed by atoms with Crippen LogP contribution in [0.25, 0.3) is 0 Å². The van der Waals surface area contributed by atoms with Crippen LogP contribution in [0.4, 0.5) is 0 Å². The Morgan fingerprint density at radius 2 is 0.955 bits per heavy atom. The van der Waals surface area contributed by atoms with Crippen LogP contribution in [-0.4, -0.2) is 95.9 Å². The van der Waals surface area contributed by atoms with Gasteiger partial charge in [0.1, 0.15) is 0 Å². The Balaban J connectivity index is 0.000000123. The van der Waals surface area contributed by atoms with E-state index in [0.29, 0.717) is 35.7 Å². The quantitative estimate of drug-likeness (QED) is 0.474. The fourth-order valence-corrected chi connectivity index (χ4v) is 10.8. The van der Waals surface area contributed by atoms with Crippen LogP contribution < -0.4 is 0 Å². The summed E-state index contributed by atoms with van der Waals surface area (Å²) < 4.78 is 0. The van der Waals surface area contributed by atoms with Crippen LogP contribution >= 0.6 is 0 Å². The first-order chi connectivity index (χ1) is 21.6. The van der Waals surface area contributed by atoms with Gasteiger partial charge in [-0.15, -0.1) is 0 Å². The van der Waals surface area contributed by atoms with E-state index in [1.807, 2.05) is 0 Å². The fourth-order valence-electron chi connectivity index (χ4n) is 10.8. The molecule has 2 amide bonds. The number of hydrogen-bond donors (Lipinski definition) is 0. The Morgan fingerprint density at radius 3 is 1.34 bits per heavy atom. The summed E-state index contributed by atoms with van der Waals surface area (Å²) in [6, 6.07) is 13.7. The first-order valence-electron chi connectivity index (χ1n) is 17.9. The number of carbonyl (C=O) groups excluding carboxylic acids is 2. The molecular weight excluding hydrogens is 544 g/mol. The van der Waals surface area contributed by atoms with Gasteiger partial charge in [0, 0.05) is 61.2 Å². The van der Waals surface area contributed by atoms with Crippen LogP contribution in [0, 0.1) is 11.8 Å². The SMILES string of the molecule is O=C1c2cccc3c2[C@H](CCC3)CN1[C@@H]1CN2CCC1CC2.O=C1c2cccc3c2[C@H](CCC3)CN1[C@@H]1CN2CCC1CC2. The van der Waals surface area contributed by atoms with Gasteiger partial charge in [0.05, 0.1) is 0 Å². The number of hydrogen-bond acceptors (Lipinski definition) is 4. The molecular formula is C38H48N4O2. The molecule has 0 spiro atoms. The van der Waals surface area contributed by atoms with Crippen LogP contribution in [0.2, 0.25) is 0 Å². The molecule has 6 nitrogen and oxygen atoms in total. The summed E-state index contributed by atoms with van der Waals surface area (Å²) in [5.41, 5.74) is 7.72. The first-order valence-corrected chi connectivity index (χ1v) is 17.9. The molecule has 6 saturated heterocycles. The number of piperidine rings is 6. The molecule has 12 rings (SSSR count). The standard InChI is InChI=1S/2C19H24N2O/c2*22-19-16-6-2-4-14-3-1-5-15(18(14)16)11-21(19)17-12-20-9-7-13(17)8-10-20/h2*2,4,6,13,15,17H,1,3,5,7-12H2/t2*15-,17-/m11/s1. The van der Waals surface area contributed by atoms with Crippen molar-refractivity contribution in [1.82, 2.24) is 19.6 Å². The molecule has 0 unspecified atom stereocenters. The maximum Gasteiger partial charge on any atom is 0.254 e. The Hall–Kier alpha value is -2.70. The van der Waals surface area contributed by atoms with Crippen LogP contribution in [0.1, 0.15) is 106 Å². The molecule has 10 aliphatic rings. The van der Waals surface area contributed by atoms with E-state index < -0.39 is 0 Å². The molecule has 4 atom stereocenters. The molecule has 2 aromatic carbocycles. The minimum Gasteiger partial charge on any atom is -0.333 e. The average molecular weight is 593 g/mol. The van der Waals surface area contributed by atoms with Crippen molar-refractivity contribution in [3.63, 3.8) is 0 Å². The van der Waals surface area contributed by atoms with Gasteiger partial charge in [-0.25, -0.2) is 0 Å². The third-order valence-electron chi connectivity index (χ3n) is 13.1. The minimum atomic E-state index is 0.314. The van der Waals surface area contributed by atoms with Crippen LogP contribution in [0.3, 0.4) is 0 Å². The molecule has 44 heavy (non-hydrogen) atoms. The number of fused-ring (bicyclic) bond motifs is 6. The van der Waals surface area contributed by atoms with Crippen LogP contribution in [-0.2, 0) is 12.8 Å². The van der Waals surface area contributed by atoms with E-state index >= 15 is 0 Å². The number of benzene rings is 2. The molecule has 6 heteroatoms. The molecule has 6 fully saturated rings. The Morgan fingerprint density at radius 1 is 0.523 bits per heavy atom. The van der Waals surface area contributed by atoms with E-state index in [4.69, 9.17) is 0 Å². The molecule has 2 aromatic rings. The lowest BCUT2D eigenvalue weighted by Gasteiger charge is -2.51. The highest BCUT2D eigenvalue weighted by Gasteiger charge is 2.45. The van der Waals surface area contributed by atoms with Crippen molar-refractivity contribution < 1.29 is 9.59 Å². The molecule has 0 aromatic heterocycles. The smallest absolute Gasteiger partial charge is 0.254 e. The van der Waals surface area contributed by atoms with Gasteiger partial charge in [-0.1, -0.05) is 24.3 Å². The summed E-state index contributed by atoms with van der Waals surface area (Å²) in [5.74, 6) is 3.29. The minimum absolute atomic E-state index is 0.314. The number of carbonyl (C=O) groups is 2. The maximum absolute atomic E-state index is 13.1. The van der Waals surface area contributed by atoms with Gasteiger partial charge in [0.2, 0.25) is 0 Å². The van der Waals surface area contributed by atoms with E-state index in [0.717, 1.165) is 62.0 Å². The average Bonchev–Trinajstić information content (AvgIpc) is 3.09. The second-order valence-electron chi connectivity index (χ2n) is 15.3. The van der Waals surface area contributed by atoms with Gasteiger partial charge < -0.3 is 19.6 Å². The zero-order valence-corrected chi connectivity index (χ0v) is 26.3. The number of amides is 2. The van der Waals surface area contributed by atoms with Gasteiger partial charge in [-0.3, -0.25) is 9.59 Å². The number of aryl methyl sites for hydroxylation is 2. The van der Waals surface area contributed by atoms with Gasteiger partial charge in [-0.2, -0.15) is 0 Å². The number of rotatable bonds is 2. The summed E-state index contributed by atoms with van der Waals surface area (Å²) in [6.07, 6.45) is 12.5. The molecule has 8 heterocycles. The largest absolute Gasteiger partial charge is 0.333 e. The lowest BCUT2D eigenvalue weighted by Crippen LogP contribution is -2.60. The second kappa shape index (κ2) is 11.0. The Bertz CT molecular complexity index is 1350. The van der Waals surface area contributed by atoms with Gasteiger partial charge in [0.15, 0.2) is 0 Å². The van der Waals surface area contributed by atoms with Crippen molar-refractivity contribution in [2.75, 3.05) is 52.4 Å². The van der Waals surface area contributed by atoms with E-state index in [1.165, 1.54) is 99.8 Å². The summed E-state index contributed by atoms with van der Waals surface area (Å²) in [7, 11) is 0. The highest BCUT2D eigenvalue weighted by Crippen LogP contribution is 2.43. The fraction of sp³-hybridized carbons (Fsp3) is 0.632. The Kier molecular flexibility index (Phi) is 6.89. The molecule has 8 aliphatic heterocycles. The van der Waals surface area contributed by atoms with E-state index in [9.17, 15) is 9.59 Å². The van der Waals surface area contributed by atoms with Crippen molar-refractivity contribution in [3.05, 3.63) is 69.8 Å². The van der Waals surface area contributed by atoms with Crippen molar-refractivity contribution in [3.8, 4) is 0 Å². The van der Waals surface area contributed by atoms with E-state index in [1.54, 1.807) is 0 Å². The van der Waals surface area contributed by atoms with E-state index in [2.05, 4.69) is 56.0 Å². The maximum atomic E-state index is 13.1. The van der Waals surface area contributed by atoms with Crippen molar-refractivity contribution >= 4 is 11.8 Å². The predicted octanol–water partition coefficient (Wildman–Crippen LogP) is 5.31. The predicted molar refractivity (Wildman–Crippen MR) is 172 cm³/mol. The Labute approximate surface area is 262 Å². The van der Waals surface area contributed by atoms with Crippen molar-refractivity contribution in [2.45, 2.75) is 88.1 Å². The zero-order chi connectivity index (χ0) is 29.4. The highest BCUT2D eigenvalue weighted by atomic mass is 16.2. The van der Waals surface area contributed by atoms with Gasteiger partial charge >= 0.3 is 0 Å². The molecule has 0 N–H and O–H groups in total. The molecule has 0 radical (unpaired) electrons. The van der Waals surface area contributed by atoms with Gasteiger partial charge in [-0.05, 0) is 137 Å². The third-order valence-corrected chi connectivity index (χ3v) is 13.1. The normalized spacial score (nSPS) is 36.4.